The molecule has 0 aromatic heterocycles. The van der Waals surface area contributed by atoms with Crippen molar-refractivity contribution in [3.8, 4) is 0 Å². The van der Waals surface area contributed by atoms with Crippen molar-refractivity contribution in [2.75, 3.05) is 0 Å². The molecule has 0 N–H and O–H groups in total. The molecular formula is C12H24B. The molecule has 75 valence electrons. The molecule has 13 heavy (non-hydrogen) atoms. The summed E-state index contributed by atoms with van der Waals surface area (Å²) in [4.78, 5) is 0. The Morgan fingerprint density at radius 3 is 2.62 bits per heavy atom. The zero-order valence-corrected chi connectivity index (χ0v) is 9.72. The van der Waals surface area contributed by atoms with E-state index in [1.807, 2.05) is 0 Å². The van der Waals surface area contributed by atoms with Gasteiger partial charge in [-0.1, -0.05) is 65.0 Å². The summed E-state index contributed by atoms with van der Waals surface area (Å²) in [5.74, 6) is 3.58. The molecule has 0 bridgehead atoms. The minimum Gasteiger partial charge on any atom is -0.0716 e. The Hall–Kier alpha value is 0.0649. The molecule has 0 amide bonds. The summed E-state index contributed by atoms with van der Waals surface area (Å²) in [7, 11) is 2.61. The Labute approximate surface area is 84.7 Å². The second kappa shape index (κ2) is 5.07. The molecule has 0 aliphatic heterocycles. The van der Waals surface area contributed by atoms with Gasteiger partial charge in [0.25, 0.3) is 0 Å². The zero-order chi connectivity index (χ0) is 9.84. The van der Waals surface area contributed by atoms with Gasteiger partial charge in [0.2, 0.25) is 0 Å². The van der Waals surface area contributed by atoms with Crippen molar-refractivity contribution in [3.05, 3.63) is 0 Å². The summed E-state index contributed by atoms with van der Waals surface area (Å²) < 4.78 is 0. The van der Waals surface area contributed by atoms with E-state index in [1.54, 1.807) is 0 Å². The maximum absolute atomic E-state index is 2.61. The first-order valence-electron chi connectivity index (χ1n) is 6.00. The standard InChI is InChI=1S/C12H24B/c1-5-10(3)13-12-8-6-7-9(2)11(12)4/h9-12H,5-8H2,1-4H3. The highest BCUT2D eigenvalue weighted by atomic mass is 14.3. The summed E-state index contributed by atoms with van der Waals surface area (Å²) in [6.45, 7) is 9.50. The highest BCUT2D eigenvalue weighted by Gasteiger charge is 2.28. The normalized spacial score (nSPS) is 37.1. The van der Waals surface area contributed by atoms with Crippen molar-refractivity contribution >= 4 is 7.28 Å². The van der Waals surface area contributed by atoms with Crippen LogP contribution in [-0.2, 0) is 0 Å². The Morgan fingerprint density at radius 2 is 2.00 bits per heavy atom. The van der Waals surface area contributed by atoms with Gasteiger partial charge >= 0.3 is 0 Å². The van der Waals surface area contributed by atoms with Crippen molar-refractivity contribution in [2.24, 2.45) is 11.8 Å². The van der Waals surface area contributed by atoms with Crippen LogP contribution in [-0.4, -0.2) is 7.28 Å². The monoisotopic (exact) mass is 179 g/mol. The molecule has 1 radical (unpaired) electrons. The second-order valence-electron chi connectivity index (χ2n) is 5.01. The molecule has 1 aliphatic rings. The molecule has 1 saturated carbocycles. The van der Waals surface area contributed by atoms with E-state index in [-0.39, 0.29) is 0 Å². The first-order chi connectivity index (χ1) is 6.15. The van der Waals surface area contributed by atoms with Crippen LogP contribution in [0.25, 0.3) is 0 Å². The molecule has 4 atom stereocenters. The molecule has 0 aromatic rings. The van der Waals surface area contributed by atoms with Crippen LogP contribution in [0.5, 0.6) is 0 Å². The van der Waals surface area contributed by atoms with Gasteiger partial charge in [-0.05, 0) is 11.8 Å². The van der Waals surface area contributed by atoms with Crippen LogP contribution >= 0.6 is 0 Å². The molecule has 4 unspecified atom stereocenters. The number of hydrogen-bond acceptors (Lipinski definition) is 0. The second-order valence-corrected chi connectivity index (χ2v) is 5.01. The van der Waals surface area contributed by atoms with E-state index < -0.39 is 0 Å². The van der Waals surface area contributed by atoms with Gasteiger partial charge in [-0.3, -0.25) is 0 Å². The van der Waals surface area contributed by atoms with Crippen LogP contribution in [0.4, 0.5) is 0 Å². The van der Waals surface area contributed by atoms with Crippen LogP contribution in [0.2, 0.25) is 11.6 Å². The van der Waals surface area contributed by atoms with E-state index in [9.17, 15) is 0 Å². The van der Waals surface area contributed by atoms with E-state index in [0.717, 1.165) is 23.5 Å². The lowest BCUT2D eigenvalue weighted by Gasteiger charge is -2.35. The largest absolute Gasteiger partial charge is 0.117 e. The van der Waals surface area contributed by atoms with Crippen molar-refractivity contribution in [2.45, 2.75) is 65.0 Å². The van der Waals surface area contributed by atoms with Crippen LogP contribution in [0.3, 0.4) is 0 Å². The minimum atomic E-state index is 0.817. The molecule has 0 heterocycles. The molecule has 1 rings (SSSR count). The average Bonchev–Trinajstić information content (AvgIpc) is 2.13. The van der Waals surface area contributed by atoms with Crippen LogP contribution in [0.15, 0.2) is 0 Å². The quantitative estimate of drug-likeness (QED) is 0.571. The zero-order valence-electron chi connectivity index (χ0n) is 9.72. The Balaban J connectivity index is 2.39. The average molecular weight is 179 g/mol. The van der Waals surface area contributed by atoms with E-state index >= 15 is 0 Å². The molecule has 0 aromatic carbocycles. The fourth-order valence-electron chi connectivity index (χ4n) is 2.45. The lowest BCUT2D eigenvalue weighted by molar-refractivity contribution is 0.275. The maximum Gasteiger partial charge on any atom is 0.117 e. The summed E-state index contributed by atoms with van der Waals surface area (Å²) >= 11 is 0. The predicted octanol–water partition coefficient (Wildman–Crippen LogP) is 4.15. The van der Waals surface area contributed by atoms with E-state index in [2.05, 4.69) is 35.0 Å². The topological polar surface area (TPSA) is 0 Å². The maximum atomic E-state index is 2.61. The third-order valence-corrected chi connectivity index (χ3v) is 3.99. The summed E-state index contributed by atoms with van der Waals surface area (Å²) in [6.07, 6.45) is 5.64. The Kier molecular flexibility index (Phi) is 4.35. The van der Waals surface area contributed by atoms with Crippen LogP contribution in [0, 0.1) is 11.8 Å². The highest BCUT2D eigenvalue weighted by Crippen LogP contribution is 2.39. The molecule has 1 fully saturated rings. The van der Waals surface area contributed by atoms with Gasteiger partial charge in [-0.2, -0.15) is 0 Å². The van der Waals surface area contributed by atoms with Crippen LogP contribution < -0.4 is 0 Å². The molecule has 0 nitrogen and oxygen atoms in total. The lowest BCUT2D eigenvalue weighted by atomic mass is 9.47. The van der Waals surface area contributed by atoms with Gasteiger partial charge in [0.15, 0.2) is 0 Å². The van der Waals surface area contributed by atoms with Gasteiger partial charge in [-0.15, -0.1) is 0 Å². The summed E-state index contributed by atoms with van der Waals surface area (Å²) in [5.41, 5.74) is 0. The van der Waals surface area contributed by atoms with Crippen molar-refractivity contribution in [3.63, 3.8) is 0 Å². The van der Waals surface area contributed by atoms with Crippen molar-refractivity contribution < 1.29 is 0 Å². The Bertz CT molecular complexity index is 144. The first kappa shape index (κ1) is 11.1. The number of hydrogen-bond donors (Lipinski definition) is 0. The molecule has 0 saturated heterocycles. The lowest BCUT2D eigenvalue weighted by Crippen LogP contribution is -2.25. The number of rotatable bonds is 3. The van der Waals surface area contributed by atoms with Gasteiger partial charge < -0.3 is 0 Å². The van der Waals surface area contributed by atoms with E-state index in [1.165, 1.54) is 25.7 Å². The van der Waals surface area contributed by atoms with E-state index in [0.29, 0.717) is 0 Å². The highest BCUT2D eigenvalue weighted by molar-refractivity contribution is 6.39. The van der Waals surface area contributed by atoms with Gasteiger partial charge in [0, 0.05) is 0 Å². The minimum absolute atomic E-state index is 0.817. The van der Waals surface area contributed by atoms with Crippen molar-refractivity contribution in [1.29, 1.82) is 0 Å². The Morgan fingerprint density at radius 1 is 1.31 bits per heavy atom. The smallest absolute Gasteiger partial charge is 0.0716 e. The molecular weight excluding hydrogens is 155 g/mol. The predicted molar refractivity (Wildman–Crippen MR) is 61.4 cm³/mol. The molecule has 0 spiro atoms. The van der Waals surface area contributed by atoms with Crippen LogP contribution in [0.1, 0.15) is 53.4 Å². The third kappa shape index (κ3) is 3.04. The third-order valence-electron chi connectivity index (χ3n) is 3.99. The molecule has 1 aliphatic carbocycles. The van der Waals surface area contributed by atoms with Gasteiger partial charge in [-0.25, -0.2) is 0 Å². The van der Waals surface area contributed by atoms with Crippen molar-refractivity contribution in [1.82, 2.24) is 0 Å². The SMILES string of the molecule is CCC(C)[B]C1CCCC(C)C1C. The first-order valence-corrected chi connectivity index (χ1v) is 6.00. The van der Waals surface area contributed by atoms with E-state index in [4.69, 9.17) is 0 Å². The fourth-order valence-corrected chi connectivity index (χ4v) is 2.45. The molecule has 1 heteroatoms. The summed E-state index contributed by atoms with van der Waals surface area (Å²) in [6, 6.07) is 0. The van der Waals surface area contributed by atoms with Gasteiger partial charge in [0.05, 0.1) is 0 Å². The van der Waals surface area contributed by atoms with Gasteiger partial charge in [0.1, 0.15) is 7.28 Å². The summed E-state index contributed by atoms with van der Waals surface area (Å²) in [5, 5.41) is 0. The fraction of sp³-hybridized carbons (Fsp3) is 1.00.